The third-order valence-corrected chi connectivity index (χ3v) is 15.9. The minimum atomic E-state index is -5.11. The second kappa shape index (κ2) is 30.1. The third kappa shape index (κ3) is 15.4. The van der Waals surface area contributed by atoms with Gasteiger partial charge in [0.1, 0.15) is 38.5 Å². The Morgan fingerprint density at radius 1 is 0.435 bits per heavy atom. The predicted octanol–water partition coefficient (Wildman–Crippen LogP) is 13.4. The molecule has 0 aliphatic rings. The molecule has 0 spiro atoms. The molecule has 1 radical (unpaired) electrons. The highest BCUT2D eigenvalue weighted by Crippen LogP contribution is 2.38. The van der Waals surface area contributed by atoms with Gasteiger partial charge in [-0.25, -0.2) is 26.3 Å². The van der Waals surface area contributed by atoms with E-state index >= 15 is 0 Å². The van der Waals surface area contributed by atoms with Crippen LogP contribution in [0, 0.1) is 58.2 Å². The summed E-state index contributed by atoms with van der Waals surface area (Å²) in [5.41, 5.74) is 1.41. The third-order valence-electron chi connectivity index (χ3n) is 12.5. The van der Waals surface area contributed by atoms with Crippen LogP contribution in [0.3, 0.4) is 0 Å². The monoisotopic (exact) mass is 1460 g/mol. The van der Waals surface area contributed by atoms with Crippen LogP contribution in [0.25, 0.3) is 44.3 Å². The fraction of sp³-hybridized carbons (Fsp3) is 0.0690. The number of benzene rings is 8. The molecule has 483 valence electrons. The van der Waals surface area contributed by atoms with Gasteiger partial charge in [0.15, 0.2) is 0 Å². The Hall–Kier alpha value is -8.08. The molecule has 92 heavy (non-hydrogen) atoms. The second-order valence-corrected chi connectivity index (χ2v) is 22.8. The van der Waals surface area contributed by atoms with Crippen LogP contribution in [0.1, 0.15) is 0 Å². The summed E-state index contributed by atoms with van der Waals surface area (Å²) in [5, 5.41) is 9.59. The number of nitrogens with zero attached hydrogens (tertiary/aromatic N) is 2. The summed E-state index contributed by atoms with van der Waals surface area (Å²) >= 11 is 15.2. The fourth-order valence-electron chi connectivity index (χ4n) is 8.40. The molecule has 2 heterocycles. The highest BCUT2D eigenvalue weighted by atomic mass is 79.9. The van der Waals surface area contributed by atoms with Gasteiger partial charge in [0.2, 0.25) is 69.7 Å². The van der Waals surface area contributed by atoms with Crippen LogP contribution in [0.15, 0.2) is 157 Å². The molecule has 0 saturated heterocycles. The van der Waals surface area contributed by atoms with Gasteiger partial charge < -0.3 is 37.0 Å². The lowest BCUT2D eigenvalue weighted by molar-refractivity contribution is 0.346. The predicted molar refractivity (Wildman–Crippen MR) is 334 cm³/mol. The standard InChI is InChI=1S/C29H17ClF5NO6S.C22H11BrF5NO5S.C7H7BClO3.2H3P/c1-40-18-10-16(9-17(30)13-18)14-3-6-21(22(12-14)41-2)36-20-7-5-19(11-15(20)4-8-23(36)37)43(38,39)42-29-27(34)25(32)24(31)26(33)28(29)35;1-33-15-9-11(23)3-5-14(15)29-13-6-4-12(8-10(13)2-7-16(29)30)35(31,32)34-22-20(27)18(25)17(24)19(26)21(22)28;1-11-6-2-5(9)3-7(4-6)12-8-10;;/h3-13H,1-2H3;2-9H,1H3;2-4,10H,1H3;2*1H3. The molecule has 0 bridgehead atoms. The highest BCUT2D eigenvalue weighted by molar-refractivity contribution is 9.10. The molecular weight excluding hydrogens is 1430 g/mol. The average Bonchev–Trinajstić information content (AvgIpc) is 0.798. The van der Waals surface area contributed by atoms with E-state index in [1.807, 2.05) is 0 Å². The van der Waals surface area contributed by atoms with E-state index < -0.39 is 111 Å². The summed E-state index contributed by atoms with van der Waals surface area (Å²) in [6.45, 7) is 0. The molecule has 0 aliphatic heterocycles. The summed E-state index contributed by atoms with van der Waals surface area (Å²) in [7, 11) is -3.78. The maximum atomic E-state index is 14.1. The number of hydrogen-bond donors (Lipinski definition) is 1. The quantitative estimate of drug-likeness (QED) is 0.0254. The molecule has 0 aliphatic carbocycles. The van der Waals surface area contributed by atoms with E-state index in [9.17, 15) is 70.3 Å². The van der Waals surface area contributed by atoms with Gasteiger partial charge in [0.05, 0.1) is 50.8 Å². The van der Waals surface area contributed by atoms with Crippen molar-refractivity contribution in [1.82, 2.24) is 9.13 Å². The van der Waals surface area contributed by atoms with E-state index in [2.05, 4.69) is 24.3 Å². The summed E-state index contributed by atoms with van der Waals surface area (Å²) in [6, 6.07) is 30.9. The van der Waals surface area contributed by atoms with Crippen LogP contribution in [0.2, 0.25) is 10.0 Å². The van der Waals surface area contributed by atoms with Crippen LogP contribution in [-0.2, 0) is 20.2 Å². The average molecular weight is 1470 g/mol. The molecule has 8 aromatic carbocycles. The van der Waals surface area contributed by atoms with Crippen molar-refractivity contribution in [3.63, 3.8) is 0 Å². The van der Waals surface area contributed by atoms with Crippen molar-refractivity contribution >= 4 is 109 Å². The number of pyridine rings is 2. The van der Waals surface area contributed by atoms with Crippen LogP contribution >= 0.6 is 58.9 Å². The lowest BCUT2D eigenvalue weighted by Crippen LogP contribution is -2.19. The first-order valence-electron chi connectivity index (χ1n) is 24.7. The maximum Gasteiger partial charge on any atom is 0.569 e. The number of fused-ring (bicyclic) bond motifs is 2. The molecule has 16 nitrogen and oxygen atoms in total. The summed E-state index contributed by atoms with van der Waals surface area (Å²) in [5.74, 6) is -26.0. The zero-order valence-electron chi connectivity index (χ0n) is 47.1. The Bertz CT molecular complexity index is 4820. The lowest BCUT2D eigenvalue weighted by Gasteiger charge is -2.16. The molecule has 0 amide bonds. The Kier molecular flexibility index (Phi) is 23.9. The normalized spacial score (nSPS) is 11.0. The Labute approximate surface area is 540 Å². The number of halogens is 13. The van der Waals surface area contributed by atoms with Crippen molar-refractivity contribution < 1.29 is 97.7 Å². The highest BCUT2D eigenvalue weighted by Gasteiger charge is 2.33. The second-order valence-electron chi connectivity index (χ2n) is 18.0. The van der Waals surface area contributed by atoms with Gasteiger partial charge in [-0.2, -0.15) is 54.2 Å². The van der Waals surface area contributed by atoms with Crippen LogP contribution in [0.4, 0.5) is 43.9 Å². The molecule has 10 rings (SSSR count). The van der Waals surface area contributed by atoms with Gasteiger partial charge in [-0.15, -0.1) is 0 Å². The minimum Gasteiger partial charge on any atom is -0.537 e. The summed E-state index contributed by atoms with van der Waals surface area (Å²) in [4.78, 5) is 24.3. The molecule has 2 unspecified atom stereocenters. The van der Waals surface area contributed by atoms with Gasteiger partial charge in [-0.05, 0) is 120 Å². The van der Waals surface area contributed by atoms with Crippen molar-refractivity contribution in [3.8, 4) is 62.7 Å². The lowest BCUT2D eigenvalue weighted by atomic mass is 10.0. The largest absolute Gasteiger partial charge is 0.569 e. The van der Waals surface area contributed by atoms with E-state index in [0.717, 1.165) is 36.4 Å². The van der Waals surface area contributed by atoms with Crippen LogP contribution in [-0.4, -0.2) is 67.1 Å². The van der Waals surface area contributed by atoms with Crippen LogP contribution in [0.5, 0.6) is 40.2 Å². The van der Waals surface area contributed by atoms with Gasteiger partial charge in [-0.3, -0.25) is 18.7 Å². The first-order chi connectivity index (χ1) is 42.6. The van der Waals surface area contributed by atoms with E-state index in [-0.39, 0.29) is 53.0 Å². The van der Waals surface area contributed by atoms with E-state index in [4.69, 9.17) is 51.8 Å². The number of hydrogen-bond acceptors (Lipinski definition) is 14. The fourth-order valence-corrected chi connectivity index (χ4v) is 11.1. The number of rotatable bonds is 15. The SMILES string of the molecule is COc1cc(Br)ccc1-n1c(=O)ccc2cc(S(=O)(=O)Oc3c(F)c(F)c(F)c(F)c3F)ccc21.COc1cc(Cl)cc(-c2ccc(-n3c(=O)ccc4cc(S(=O)(=O)Oc5c(F)c(F)c(F)c(F)c5F)ccc43)c(OC)c2)c1.COc1cc(Cl)cc(O[B]O)c1.P.P. The topological polar surface area (TPSA) is 197 Å². The summed E-state index contributed by atoms with van der Waals surface area (Å²) < 4.78 is 225. The molecular formula is C58H41BBrCl2F10N2O14P2S2. The van der Waals surface area contributed by atoms with Crippen molar-refractivity contribution in [2.24, 2.45) is 0 Å². The van der Waals surface area contributed by atoms with Crippen molar-refractivity contribution in [1.29, 1.82) is 0 Å². The molecule has 2 atom stereocenters. The zero-order chi connectivity index (χ0) is 65.8. The molecule has 10 aromatic rings. The summed E-state index contributed by atoms with van der Waals surface area (Å²) in [6.07, 6.45) is 0. The molecule has 34 heteroatoms. The van der Waals surface area contributed by atoms with Gasteiger partial charge in [-0.1, -0.05) is 45.2 Å². The van der Waals surface area contributed by atoms with Gasteiger partial charge in [0.25, 0.3) is 11.1 Å². The minimum absolute atomic E-state index is 0. The van der Waals surface area contributed by atoms with Crippen molar-refractivity contribution in [3.05, 3.63) is 227 Å². The van der Waals surface area contributed by atoms with E-state index in [0.29, 0.717) is 62.0 Å². The maximum absolute atomic E-state index is 14.1. The van der Waals surface area contributed by atoms with Gasteiger partial charge >= 0.3 is 27.9 Å². The van der Waals surface area contributed by atoms with E-state index in [1.165, 1.54) is 61.8 Å². The zero-order valence-corrected chi connectivity index (χ0v) is 54.6. The first-order valence-corrected chi connectivity index (χ1v) is 29.0. The Balaban J connectivity index is 0.000000246. The van der Waals surface area contributed by atoms with Crippen LogP contribution < -0.4 is 43.1 Å². The molecule has 0 fully saturated rings. The number of ether oxygens (including phenoxy) is 4. The molecule has 0 saturated carbocycles. The smallest absolute Gasteiger partial charge is 0.537 e. The van der Waals surface area contributed by atoms with Crippen molar-refractivity contribution in [2.45, 2.75) is 9.79 Å². The van der Waals surface area contributed by atoms with Crippen molar-refractivity contribution in [2.75, 3.05) is 28.4 Å². The Morgan fingerprint density at radius 3 is 1.25 bits per heavy atom. The first kappa shape index (κ1) is 73.0. The van der Waals surface area contributed by atoms with Gasteiger partial charge in [0, 0.05) is 43.5 Å². The number of aromatic nitrogens is 2. The number of methoxy groups -OCH3 is 4. The van der Waals surface area contributed by atoms with E-state index in [1.54, 1.807) is 72.8 Å². The molecule has 2 aromatic heterocycles. The Morgan fingerprint density at radius 2 is 0.826 bits per heavy atom. The molecule has 1 N–H and O–H groups in total.